The zero-order valence-corrected chi connectivity index (χ0v) is 14.2. The minimum absolute atomic E-state index is 0.0645. The van der Waals surface area contributed by atoms with Gasteiger partial charge < -0.3 is 5.32 Å². The van der Waals surface area contributed by atoms with Crippen LogP contribution in [0.4, 0.5) is 10.1 Å². The molecule has 0 aliphatic rings. The largest absolute Gasteiger partial charge is 0.325 e. The van der Waals surface area contributed by atoms with E-state index in [-0.39, 0.29) is 5.69 Å². The van der Waals surface area contributed by atoms with E-state index in [0.29, 0.717) is 10.7 Å². The van der Waals surface area contributed by atoms with Gasteiger partial charge in [0, 0.05) is 16.6 Å². The predicted octanol–water partition coefficient (Wildman–Crippen LogP) is 3.91. The highest BCUT2D eigenvalue weighted by Crippen LogP contribution is 2.24. The van der Waals surface area contributed by atoms with Crippen molar-refractivity contribution >= 4 is 28.7 Å². The molecule has 0 radical (unpaired) electrons. The molecule has 0 spiro atoms. The third-order valence-electron chi connectivity index (χ3n) is 3.54. The maximum absolute atomic E-state index is 12.9. The highest BCUT2D eigenvalue weighted by molar-refractivity contribution is 7.13. The van der Waals surface area contributed by atoms with E-state index in [9.17, 15) is 19.2 Å². The van der Waals surface area contributed by atoms with Gasteiger partial charge in [-0.1, -0.05) is 30.3 Å². The normalized spacial score (nSPS) is 11.4. The lowest BCUT2D eigenvalue weighted by Gasteiger charge is -2.08. The first kappa shape index (κ1) is 17.5. The summed E-state index contributed by atoms with van der Waals surface area (Å²) in [4.78, 5) is 29.0. The lowest BCUT2D eigenvalue weighted by molar-refractivity contribution is -0.117. The Kier molecular flexibility index (Phi) is 5.15. The third kappa shape index (κ3) is 3.82. The van der Waals surface area contributed by atoms with E-state index in [1.165, 1.54) is 41.0 Å². The van der Waals surface area contributed by atoms with Crippen LogP contribution >= 0.6 is 11.3 Å². The average molecular weight is 365 g/mol. The first-order valence-corrected chi connectivity index (χ1v) is 8.47. The topological polar surface area (TPSA) is 82.9 Å². The Bertz CT molecular complexity index is 978. The molecule has 1 N–H and O–H groups in total. The molecule has 128 valence electrons. The molecule has 1 amide bonds. The van der Waals surface area contributed by atoms with Gasteiger partial charge >= 0.3 is 0 Å². The number of rotatable bonds is 5. The van der Waals surface area contributed by atoms with E-state index >= 15 is 0 Å². The van der Waals surface area contributed by atoms with E-state index in [4.69, 9.17) is 0 Å². The van der Waals surface area contributed by atoms with Crippen molar-refractivity contribution in [1.29, 1.82) is 5.26 Å². The monoisotopic (exact) mass is 365 g/mol. The van der Waals surface area contributed by atoms with Crippen molar-refractivity contribution in [2.45, 2.75) is 0 Å². The Morgan fingerprint density at radius 1 is 1.12 bits per heavy atom. The van der Waals surface area contributed by atoms with Gasteiger partial charge in [0.1, 0.15) is 16.5 Å². The van der Waals surface area contributed by atoms with Gasteiger partial charge in [-0.25, -0.2) is 9.37 Å². The molecule has 1 aromatic heterocycles. The SMILES string of the molecule is N#CC(C(=O)Nc1ccc(F)cc1)C(=O)c1csc(-c2ccccc2)n1. The number of carbonyl (C=O) groups is 2. The fourth-order valence-corrected chi connectivity index (χ4v) is 3.05. The molecular weight excluding hydrogens is 353 g/mol. The van der Waals surface area contributed by atoms with Crippen LogP contribution in [0.3, 0.4) is 0 Å². The molecule has 3 aromatic rings. The van der Waals surface area contributed by atoms with Gasteiger partial charge in [-0.15, -0.1) is 11.3 Å². The second-order valence-corrected chi connectivity index (χ2v) is 6.18. The molecule has 2 aromatic carbocycles. The zero-order chi connectivity index (χ0) is 18.5. The summed E-state index contributed by atoms with van der Waals surface area (Å²) < 4.78 is 12.9. The molecule has 7 heteroatoms. The number of benzene rings is 2. The quantitative estimate of drug-likeness (QED) is 0.549. The van der Waals surface area contributed by atoms with Crippen molar-refractivity contribution in [3.63, 3.8) is 0 Å². The van der Waals surface area contributed by atoms with Crippen LogP contribution < -0.4 is 5.32 Å². The molecule has 0 saturated heterocycles. The fourth-order valence-electron chi connectivity index (χ4n) is 2.23. The number of ketones is 1. The Labute approximate surface area is 152 Å². The summed E-state index contributed by atoms with van der Waals surface area (Å²) in [7, 11) is 0. The van der Waals surface area contributed by atoms with Crippen LogP contribution in [0.5, 0.6) is 0 Å². The lowest BCUT2D eigenvalue weighted by Crippen LogP contribution is -2.28. The summed E-state index contributed by atoms with van der Waals surface area (Å²) >= 11 is 1.26. The van der Waals surface area contributed by atoms with Crippen LogP contribution in [-0.4, -0.2) is 16.7 Å². The number of nitrogens with zero attached hydrogens (tertiary/aromatic N) is 2. The van der Waals surface area contributed by atoms with Gasteiger partial charge in [0.15, 0.2) is 5.92 Å². The number of anilines is 1. The molecule has 1 unspecified atom stereocenters. The number of thiazole rings is 1. The molecule has 3 rings (SSSR count). The Hall–Kier alpha value is -3.37. The maximum atomic E-state index is 12.9. The standard InChI is InChI=1S/C19H12FN3O2S/c20-13-6-8-14(9-7-13)22-18(25)15(10-21)17(24)16-11-26-19(23-16)12-4-2-1-3-5-12/h1-9,11,15H,(H,22,25). The number of nitriles is 1. The fraction of sp³-hybridized carbons (Fsp3) is 0.0526. The molecule has 0 saturated carbocycles. The molecule has 0 bridgehead atoms. The highest BCUT2D eigenvalue weighted by Gasteiger charge is 2.29. The van der Waals surface area contributed by atoms with Crippen molar-refractivity contribution < 1.29 is 14.0 Å². The van der Waals surface area contributed by atoms with Crippen molar-refractivity contribution in [3.05, 3.63) is 71.5 Å². The molecule has 1 atom stereocenters. The van der Waals surface area contributed by atoms with Crippen LogP contribution in [0, 0.1) is 23.1 Å². The summed E-state index contributed by atoms with van der Waals surface area (Å²) in [6.45, 7) is 0. The van der Waals surface area contributed by atoms with Gasteiger partial charge in [-0.05, 0) is 24.3 Å². The van der Waals surface area contributed by atoms with Crippen molar-refractivity contribution in [2.75, 3.05) is 5.32 Å². The molecule has 0 aliphatic heterocycles. The molecule has 1 heterocycles. The van der Waals surface area contributed by atoms with Crippen molar-refractivity contribution in [3.8, 4) is 16.6 Å². The smallest absolute Gasteiger partial charge is 0.249 e. The van der Waals surface area contributed by atoms with Crippen LogP contribution in [0.1, 0.15) is 10.5 Å². The Morgan fingerprint density at radius 2 is 1.81 bits per heavy atom. The van der Waals surface area contributed by atoms with E-state index in [0.717, 1.165) is 5.56 Å². The average Bonchev–Trinajstić information content (AvgIpc) is 3.15. The zero-order valence-electron chi connectivity index (χ0n) is 13.3. The third-order valence-corrected chi connectivity index (χ3v) is 4.43. The summed E-state index contributed by atoms with van der Waals surface area (Å²) in [5, 5.41) is 13.9. The number of amides is 1. The number of carbonyl (C=O) groups excluding carboxylic acids is 2. The maximum Gasteiger partial charge on any atom is 0.249 e. The first-order chi connectivity index (χ1) is 12.6. The molecular formula is C19H12FN3O2S. The van der Waals surface area contributed by atoms with Gasteiger partial charge in [0.2, 0.25) is 11.7 Å². The number of hydrogen-bond acceptors (Lipinski definition) is 5. The van der Waals surface area contributed by atoms with Gasteiger partial charge in [-0.3, -0.25) is 9.59 Å². The highest BCUT2D eigenvalue weighted by atomic mass is 32.1. The predicted molar refractivity (Wildman–Crippen MR) is 96.0 cm³/mol. The summed E-state index contributed by atoms with van der Waals surface area (Å²) in [5.74, 6) is -3.44. The number of hydrogen-bond donors (Lipinski definition) is 1. The van der Waals surface area contributed by atoms with E-state index in [2.05, 4.69) is 10.3 Å². The van der Waals surface area contributed by atoms with E-state index in [1.807, 2.05) is 30.3 Å². The summed E-state index contributed by atoms with van der Waals surface area (Å²) in [6, 6.07) is 16.0. The Morgan fingerprint density at radius 3 is 2.46 bits per heavy atom. The molecule has 26 heavy (non-hydrogen) atoms. The Balaban J connectivity index is 1.77. The first-order valence-electron chi connectivity index (χ1n) is 7.59. The molecule has 0 aliphatic carbocycles. The number of aromatic nitrogens is 1. The minimum atomic E-state index is -1.54. The number of halogens is 1. The summed E-state index contributed by atoms with van der Waals surface area (Å²) in [6.07, 6.45) is 0. The van der Waals surface area contributed by atoms with E-state index in [1.54, 1.807) is 6.07 Å². The van der Waals surface area contributed by atoms with Gasteiger partial charge in [0.25, 0.3) is 0 Å². The van der Waals surface area contributed by atoms with E-state index < -0.39 is 23.4 Å². The van der Waals surface area contributed by atoms with Crippen LogP contribution in [0.2, 0.25) is 0 Å². The summed E-state index contributed by atoms with van der Waals surface area (Å²) in [5.41, 5.74) is 1.21. The van der Waals surface area contributed by atoms with Crippen LogP contribution in [-0.2, 0) is 4.79 Å². The minimum Gasteiger partial charge on any atom is -0.325 e. The molecule has 5 nitrogen and oxygen atoms in total. The van der Waals surface area contributed by atoms with Crippen LogP contribution in [0.25, 0.3) is 10.6 Å². The number of nitrogens with one attached hydrogen (secondary N) is 1. The molecule has 0 fully saturated rings. The second-order valence-electron chi connectivity index (χ2n) is 5.33. The second kappa shape index (κ2) is 7.68. The van der Waals surface area contributed by atoms with Gasteiger partial charge in [0.05, 0.1) is 6.07 Å². The van der Waals surface area contributed by atoms with Crippen molar-refractivity contribution in [1.82, 2.24) is 4.98 Å². The number of Topliss-reactive ketones (excluding diaryl/α,β-unsaturated/α-hetero) is 1. The van der Waals surface area contributed by atoms with Crippen LogP contribution in [0.15, 0.2) is 60.0 Å². The van der Waals surface area contributed by atoms with Crippen molar-refractivity contribution in [2.24, 2.45) is 5.92 Å². The lowest BCUT2D eigenvalue weighted by atomic mass is 10.0. The van der Waals surface area contributed by atoms with Gasteiger partial charge in [-0.2, -0.15) is 5.26 Å².